The van der Waals surface area contributed by atoms with Gasteiger partial charge in [-0.2, -0.15) is 5.26 Å². The lowest BCUT2D eigenvalue weighted by atomic mass is 10.2. The van der Waals surface area contributed by atoms with E-state index in [4.69, 9.17) is 5.26 Å². The molecule has 1 saturated heterocycles. The molecule has 1 aromatic heterocycles. The van der Waals surface area contributed by atoms with Crippen LogP contribution < -0.4 is 5.32 Å². The number of anilines is 1. The highest BCUT2D eigenvalue weighted by molar-refractivity contribution is 7.91. The number of aromatic nitrogens is 1. The molecule has 1 aromatic rings. The Hall–Kier alpha value is -1.61. The minimum Gasteiger partial charge on any atom is -0.379 e. The van der Waals surface area contributed by atoms with E-state index in [0.717, 1.165) is 0 Å². The van der Waals surface area contributed by atoms with Crippen LogP contribution >= 0.6 is 0 Å². The van der Waals surface area contributed by atoms with Crippen LogP contribution in [-0.2, 0) is 9.84 Å². The van der Waals surface area contributed by atoms with Gasteiger partial charge in [-0.05, 0) is 12.5 Å². The number of sulfone groups is 1. The Morgan fingerprint density at radius 1 is 1.56 bits per heavy atom. The number of nitrogens with zero attached hydrogens (tertiary/aromatic N) is 2. The smallest absolute Gasteiger partial charge is 0.152 e. The van der Waals surface area contributed by atoms with Gasteiger partial charge in [0.25, 0.3) is 0 Å². The number of nitriles is 1. The van der Waals surface area contributed by atoms with Gasteiger partial charge in [0, 0.05) is 12.2 Å². The Morgan fingerprint density at radius 3 is 3.00 bits per heavy atom. The molecule has 2 rings (SSSR count). The lowest BCUT2D eigenvalue weighted by Gasteiger charge is -2.12. The zero-order valence-corrected chi connectivity index (χ0v) is 9.37. The van der Waals surface area contributed by atoms with Crippen LogP contribution in [-0.4, -0.2) is 30.9 Å². The summed E-state index contributed by atoms with van der Waals surface area (Å²) in [6.45, 7) is 0. The summed E-state index contributed by atoms with van der Waals surface area (Å²) in [5.41, 5.74) is 1.09. The van der Waals surface area contributed by atoms with Gasteiger partial charge in [-0.3, -0.25) is 4.98 Å². The number of hydrogen-bond acceptors (Lipinski definition) is 5. The van der Waals surface area contributed by atoms with Crippen molar-refractivity contribution in [3.8, 4) is 6.07 Å². The van der Waals surface area contributed by atoms with Gasteiger partial charge in [-0.25, -0.2) is 8.42 Å². The second kappa shape index (κ2) is 4.10. The van der Waals surface area contributed by atoms with Crippen molar-refractivity contribution in [2.75, 3.05) is 16.8 Å². The zero-order valence-electron chi connectivity index (χ0n) is 8.55. The molecule has 0 bridgehead atoms. The van der Waals surface area contributed by atoms with Gasteiger partial charge >= 0.3 is 0 Å². The van der Waals surface area contributed by atoms with Crippen LogP contribution in [0.25, 0.3) is 0 Å². The van der Waals surface area contributed by atoms with Crippen molar-refractivity contribution in [3.63, 3.8) is 0 Å². The van der Waals surface area contributed by atoms with Crippen LogP contribution in [0.4, 0.5) is 5.69 Å². The van der Waals surface area contributed by atoms with E-state index in [1.54, 1.807) is 12.3 Å². The highest BCUT2D eigenvalue weighted by atomic mass is 32.2. The molecule has 0 radical (unpaired) electrons. The van der Waals surface area contributed by atoms with Crippen LogP contribution in [0.1, 0.15) is 12.0 Å². The predicted octanol–water partition coefficient (Wildman–Crippen LogP) is 0.552. The maximum atomic E-state index is 11.3. The van der Waals surface area contributed by atoms with E-state index in [0.29, 0.717) is 17.7 Å². The summed E-state index contributed by atoms with van der Waals surface area (Å²) in [6.07, 6.45) is 3.67. The maximum absolute atomic E-state index is 11.3. The zero-order chi connectivity index (χ0) is 11.6. The van der Waals surface area contributed by atoms with Crippen molar-refractivity contribution in [2.24, 2.45) is 0 Å². The quantitative estimate of drug-likeness (QED) is 0.812. The Labute approximate surface area is 94.0 Å². The Bertz CT molecular complexity index is 533. The van der Waals surface area contributed by atoms with Crippen molar-refractivity contribution in [2.45, 2.75) is 12.5 Å². The normalized spacial score (nSPS) is 22.6. The summed E-state index contributed by atoms with van der Waals surface area (Å²) in [6, 6.07) is 3.53. The number of nitrogens with one attached hydrogen (secondary N) is 1. The largest absolute Gasteiger partial charge is 0.379 e. The van der Waals surface area contributed by atoms with Crippen molar-refractivity contribution in [1.29, 1.82) is 5.26 Å². The van der Waals surface area contributed by atoms with Gasteiger partial charge in [0.2, 0.25) is 0 Å². The molecule has 1 unspecified atom stereocenters. The third-order valence-electron chi connectivity index (χ3n) is 2.53. The van der Waals surface area contributed by atoms with Gasteiger partial charge in [-0.15, -0.1) is 0 Å². The molecule has 84 valence electrons. The van der Waals surface area contributed by atoms with Crippen molar-refractivity contribution in [3.05, 3.63) is 24.0 Å². The summed E-state index contributed by atoms with van der Waals surface area (Å²) < 4.78 is 22.5. The Balaban J connectivity index is 2.14. The predicted molar refractivity (Wildman–Crippen MR) is 59.6 cm³/mol. The monoisotopic (exact) mass is 237 g/mol. The lowest BCUT2D eigenvalue weighted by molar-refractivity contribution is 0.602. The summed E-state index contributed by atoms with van der Waals surface area (Å²) in [4.78, 5) is 3.91. The Morgan fingerprint density at radius 2 is 2.38 bits per heavy atom. The van der Waals surface area contributed by atoms with Crippen LogP contribution in [0.5, 0.6) is 0 Å². The minimum atomic E-state index is -2.90. The van der Waals surface area contributed by atoms with Crippen molar-refractivity contribution in [1.82, 2.24) is 4.98 Å². The van der Waals surface area contributed by atoms with Gasteiger partial charge < -0.3 is 5.32 Å². The third kappa shape index (κ3) is 2.31. The van der Waals surface area contributed by atoms with E-state index in [1.807, 2.05) is 6.07 Å². The summed E-state index contributed by atoms with van der Waals surface area (Å²) >= 11 is 0. The minimum absolute atomic E-state index is 0.110. The van der Waals surface area contributed by atoms with Gasteiger partial charge in [0.15, 0.2) is 9.84 Å². The second-order valence-electron chi connectivity index (χ2n) is 3.78. The van der Waals surface area contributed by atoms with Gasteiger partial charge in [0.1, 0.15) is 6.07 Å². The first-order valence-electron chi connectivity index (χ1n) is 4.92. The average Bonchev–Trinajstić information content (AvgIpc) is 2.59. The molecule has 0 saturated carbocycles. The first kappa shape index (κ1) is 10.9. The molecule has 1 N–H and O–H groups in total. The van der Waals surface area contributed by atoms with Crippen LogP contribution in [0.15, 0.2) is 18.5 Å². The molecule has 16 heavy (non-hydrogen) atoms. The van der Waals surface area contributed by atoms with Crippen molar-refractivity contribution < 1.29 is 8.42 Å². The molecule has 0 amide bonds. The van der Waals surface area contributed by atoms with E-state index >= 15 is 0 Å². The fraction of sp³-hybridized carbons (Fsp3) is 0.400. The van der Waals surface area contributed by atoms with Crippen LogP contribution in [0.2, 0.25) is 0 Å². The molecule has 1 fully saturated rings. The number of hydrogen-bond donors (Lipinski definition) is 1. The molecule has 2 heterocycles. The third-order valence-corrected chi connectivity index (χ3v) is 4.30. The van der Waals surface area contributed by atoms with E-state index in [1.165, 1.54) is 6.20 Å². The molecule has 5 nitrogen and oxygen atoms in total. The molecule has 6 heteroatoms. The van der Waals surface area contributed by atoms with Crippen LogP contribution in [0.3, 0.4) is 0 Å². The molecular weight excluding hydrogens is 226 g/mol. The summed E-state index contributed by atoms with van der Waals surface area (Å²) in [5.74, 6) is 0.347. The topological polar surface area (TPSA) is 82.8 Å². The van der Waals surface area contributed by atoms with E-state index in [2.05, 4.69) is 10.3 Å². The Kier molecular flexibility index (Phi) is 2.79. The van der Waals surface area contributed by atoms with E-state index in [9.17, 15) is 8.42 Å². The standard InChI is InChI=1S/C10H11N3O2S/c11-5-8-1-3-12-6-10(8)13-9-2-4-16(14,15)7-9/h1,3,6,9,13H,2,4,7H2. The fourth-order valence-corrected chi connectivity index (χ4v) is 3.41. The van der Waals surface area contributed by atoms with E-state index < -0.39 is 9.84 Å². The van der Waals surface area contributed by atoms with Crippen molar-refractivity contribution >= 4 is 15.5 Å². The van der Waals surface area contributed by atoms with Gasteiger partial charge in [-0.1, -0.05) is 0 Å². The van der Waals surface area contributed by atoms with Crippen LogP contribution in [0, 0.1) is 11.3 Å². The first-order valence-corrected chi connectivity index (χ1v) is 6.74. The summed E-state index contributed by atoms with van der Waals surface area (Å²) in [7, 11) is -2.90. The first-order chi connectivity index (χ1) is 7.61. The molecule has 1 aliphatic heterocycles. The SMILES string of the molecule is N#Cc1ccncc1NC1CCS(=O)(=O)C1. The molecule has 1 atom stereocenters. The molecular formula is C10H11N3O2S. The molecule has 0 aromatic carbocycles. The number of rotatable bonds is 2. The highest BCUT2D eigenvalue weighted by Crippen LogP contribution is 2.19. The molecule has 1 aliphatic rings. The maximum Gasteiger partial charge on any atom is 0.152 e. The average molecular weight is 237 g/mol. The van der Waals surface area contributed by atoms with E-state index in [-0.39, 0.29) is 17.5 Å². The number of pyridine rings is 1. The fourth-order valence-electron chi connectivity index (χ4n) is 1.74. The highest BCUT2D eigenvalue weighted by Gasteiger charge is 2.28. The molecule has 0 aliphatic carbocycles. The summed E-state index contributed by atoms with van der Waals surface area (Å²) in [5, 5.41) is 11.9. The molecule has 0 spiro atoms. The van der Waals surface area contributed by atoms with Gasteiger partial charge in [0.05, 0.1) is 29.0 Å². The second-order valence-corrected chi connectivity index (χ2v) is 6.01. The lowest BCUT2D eigenvalue weighted by Crippen LogP contribution is -2.21.